The number of rotatable bonds is 7. The average Bonchev–Trinajstić information content (AvgIpc) is 3.55. The monoisotopic (exact) mass is 583 g/mol. The van der Waals surface area contributed by atoms with Crippen LogP contribution in [0.25, 0.3) is 28.0 Å². The van der Waals surface area contributed by atoms with E-state index in [1.807, 2.05) is 54.7 Å². The molecule has 0 saturated heterocycles. The largest absolute Gasteiger partial charge is 0.497 e. The molecule has 0 atom stereocenters. The van der Waals surface area contributed by atoms with Gasteiger partial charge < -0.3 is 9.47 Å². The summed E-state index contributed by atoms with van der Waals surface area (Å²) in [6.45, 7) is 0. The SMILES string of the molecule is COc1ccc(Cc2nn3c(=O)/c(=C/c4cn(-c5ccccc5)nc4-c4ccc(OC)c(Cl)c4)sc3nc2=O)cc1. The van der Waals surface area contributed by atoms with Crippen molar-refractivity contribution < 1.29 is 9.47 Å². The van der Waals surface area contributed by atoms with E-state index in [9.17, 15) is 9.59 Å². The van der Waals surface area contributed by atoms with Gasteiger partial charge in [0, 0.05) is 23.7 Å². The summed E-state index contributed by atoms with van der Waals surface area (Å²) in [6.07, 6.45) is 3.81. The van der Waals surface area contributed by atoms with E-state index in [0.717, 1.165) is 28.2 Å². The molecule has 6 rings (SSSR count). The standard InChI is InChI=1S/C30H22ClN5O4S/c1-39-22-11-8-18(9-12-22)14-24-28(37)32-30-36(33-24)29(38)26(41-30)16-20-17-35(21-6-4-3-5-7-21)34-27(20)19-10-13-25(40-2)23(31)15-19/h3-13,15-17H,14H2,1-2H3/b26-16-. The van der Waals surface area contributed by atoms with E-state index in [-0.39, 0.29) is 22.6 Å². The number of thiazole rings is 1. The Labute approximate surface area is 242 Å². The summed E-state index contributed by atoms with van der Waals surface area (Å²) in [5.41, 5.74) is 3.08. The van der Waals surface area contributed by atoms with Crippen molar-refractivity contribution in [3.05, 3.63) is 126 Å². The Morgan fingerprint density at radius 1 is 0.951 bits per heavy atom. The molecule has 3 aromatic heterocycles. The lowest BCUT2D eigenvalue weighted by Crippen LogP contribution is -2.28. The van der Waals surface area contributed by atoms with Gasteiger partial charge in [0.2, 0.25) is 4.96 Å². The van der Waals surface area contributed by atoms with Gasteiger partial charge in [-0.25, -0.2) is 4.68 Å². The van der Waals surface area contributed by atoms with Crippen LogP contribution in [-0.2, 0) is 6.42 Å². The third-order valence-electron chi connectivity index (χ3n) is 6.46. The normalized spacial score (nSPS) is 11.7. The fourth-order valence-electron chi connectivity index (χ4n) is 4.37. The highest BCUT2D eigenvalue weighted by atomic mass is 35.5. The van der Waals surface area contributed by atoms with Crippen molar-refractivity contribution in [2.45, 2.75) is 6.42 Å². The van der Waals surface area contributed by atoms with Gasteiger partial charge in [-0.05, 0) is 54.1 Å². The van der Waals surface area contributed by atoms with Gasteiger partial charge in [-0.15, -0.1) is 0 Å². The predicted octanol–water partition coefficient (Wildman–Crippen LogP) is 4.17. The topological polar surface area (TPSA) is 101 Å². The van der Waals surface area contributed by atoms with Crippen molar-refractivity contribution in [1.82, 2.24) is 24.4 Å². The summed E-state index contributed by atoms with van der Waals surface area (Å²) in [7, 11) is 3.14. The minimum Gasteiger partial charge on any atom is -0.497 e. The minimum atomic E-state index is -0.473. The highest BCUT2D eigenvalue weighted by molar-refractivity contribution is 7.15. The highest BCUT2D eigenvalue weighted by Crippen LogP contribution is 2.32. The van der Waals surface area contributed by atoms with Crippen LogP contribution in [0, 0.1) is 0 Å². The van der Waals surface area contributed by atoms with Crippen molar-refractivity contribution in [3.8, 4) is 28.4 Å². The van der Waals surface area contributed by atoms with Crippen LogP contribution >= 0.6 is 22.9 Å². The molecule has 11 heteroatoms. The highest BCUT2D eigenvalue weighted by Gasteiger charge is 2.16. The maximum absolute atomic E-state index is 13.5. The molecule has 0 aliphatic carbocycles. The Hall–Kier alpha value is -4.80. The summed E-state index contributed by atoms with van der Waals surface area (Å²) >= 11 is 7.52. The number of halogens is 1. The lowest BCUT2D eigenvalue weighted by molar-refractivity contribution is 0.414. The summed E-state index contributed by atoms with van der Waals surface area (Å²) in [4.78, 5) is 30.6. The molecule has 0 saturated carbocycles. The first-order valence-corrected chi connectivity index (χ1v) is 13.7. The first-order valence-electron chi connectivity index (χ1n) is 12.5. The predicted molar refractivity (Wildman–Crippen MR) is 159 cm³/mol. The van der Waals surface area contributed by atoms with E-state index in [1.165, 1.54) is 4.52 Å². The molecule has 0 N–H and O–H groups in total. The second-order valence-electron chi connectivity index (χ2n) is 9.06. The van der Waals surface area contributed by atoms with Crippen LogP contribution < -0.4 is 25.1 Å². The zero-order valence-corrected chi connectivity index (χ0v) is 23.5. The molecule has 0 radical (unpaired) electrons. The van der Waals surface area contributed by atoms with E-state index in [1.54, 1.807) is 49.2 Å². The maximum Gasteiger partial charge on any atom is 0.296 e. The minimum absolute atomic E-state index is 0.180. The number of para-hydroxylation sites is 1. The third-order valence-corrected chi connectivity index (χ3v) is 7.71. The van der Waals surface area contributed by atoms with Gasteiger partial charge in [0.15, 0.2) is 0 Å². The summed E-state index contributed by atoms with van der Waals surface area (Å²) in [5, 5.41) is 9.62. The third kappa shape index (κ3) is 5.22. The molecule has 0 spiro atoms. The molecule has 3 heterocycles. The van der Waals surface area contributed by atoms with E-state index >= 15 is 0 Å². The van der Waals surface area contributed by atoms with Crippen molar-refractivity contribution in [3.63, 3.8) is 0 Å². The van der Waals surface area contributed by atoms with Gasteiger partial charge >= 0.3 is 0 Å². The molecule has 0 aliphatic heterocycles. The summed E-state index contributed by atoms with van der Waals surface area (Å²) < 4.78 is 13.8. The summed E-state index contributed by atoms with van der Waals surface area (Å²) in [5.74, 6) is 1.25. The zero-order valence-electron chi connectivity index (χ0n) is 21.9. The molecule has 0 unspecified atom stereocenters. The van der Waals surface area contributed by atoms with Crippen LogP contribution in [0.15, 0.2) is 88.6 Å². The van der Waals surface area contributed by atoms with E-state index < -0.39 is 5.56 Å². The van der Waals surface area contributed by atoms with Gasteiger partial charge in [0.25, 0.3) is 11.1 Å². The van der Waals surface area contributed by atoms with Gasteiger partial charge in [0.1, 0.15) is 22.9 Å². The summed E-state index contributed by atoms with van der Waals surface area (Å²) in [6, 6.07) is 22.3. The second-order valence-corrected chi connectivity index (χ2v) is 10.5. The number of ether oxygens (including phenoxy) is 2. The van der Waals surface area contributed by atoms with E-state index in [2.05, 4.69) is 10.1 Å². The quantitative estimate of drug-likeness (QED) is 0.278. The van der Waals surface area contributed by atoms with E-state index in [0.29, 0.717) is 32.3 Å². The van der Waals surface area contributed by atoms with E-state index in [4.69, 9.17) is 26.2 Å². The van der Waals surface area contributed by atoms with Crippen LogP contribution in [0.1, 0.15) is 16.8 Å². The van der Waals surface area contributed by atoms with Crippen LogP contribution in [-0.4, -0.2) is 38.6 Å². The number of methoxy groups -OCH3 is 2. The van der Waals surface area contributed by atoms with Crippen molar-refractivity contribution in [2.75, 3.05) is 14.2 Å². The number of hydrogen-bond donors (Lipinski definition) is 0. The van der Waals surface area contributed by atoms with Crippen LogP contribution in [0.4, 0.5) is 0 Å². The smallest absolute Gasteiger partial charge is 0.296 e. The van der Waals surface area contributed by atoms with Crippen LogP contribution in [0.2, 0.25) is 5.02 Å². The molecule has 0 bridgehead atoms. The average molecular weight is 584 g/mol. The van der Waals surface area contributed by atoms with Crippen molar-refractivity contribution in [1.29, 1.82) is 0 Å². The molecular formula is C30H22ClN5O4S. The van der Waals surface area contributed by atoms with Crippen LogP contribution in [0.5, 0.6) is 11.5 Å². The molecule has 41 heavy (non-hydrogen) atoms. The molecule has 3 aromatic carbocycles. The Morgan fingerprint density at radius 3 is 2.44 bits per heavy atom. The Balaban J connectivity index is 1.46. The first kappa shape index (κ1) is 26.4. The number of benzene rings is 3. The number of aromatic nitrogens is 5. The van der Waals surface area contributed by atoms with Crippen molar-refractivity contribution >= 4 is 34.0 Å². The second kappa shape index (κ2) is 11.0. The van der Waals surface area contributed by atoms with Crippen LogP contribution in [0.3, 0.4) is 0 Å². The zero-order chi connectivity index (χ0) is 28.5. The molecule has 9 nitrogen and oxygen atoms in total. The van der Waals surface area contributed by atoms with Gasteiger partial charge in [0.05, 0.1) is 29.5 Å². The van der Waals surface area contributed by atoms with Gasteiger partial charge in [-0.3, -0.25) is 9.59 Å². The molecule has 6 aromatic rings. The van der Waals surface area contributed by atoms with Gasteiger partial charge in [-0.2, -0.15) is 19.7 Å². The molecular weight excluding hydrogens is 562 g/mol. The maximum atomic E-state index is 13.5. The number of hydrogen-bond acceptors (Lipinski definition) is 8. The fraction of sp³-hybridized carbons (Fsp3) is 0.100. The first-order chi connectivity index (χ1) is 19.9. The van der Waals surface area contributed by atoms with Gasteiger partial charge in [-0.1, -0.05) is 53.3 Å². The Kier molecular flexibility index (Phi) is 7.08. The van der Waals surface area contributed by atoms with Crippen molar-refractivity contribution in [2.24, 2.45) is 0 Å². The number of nitrogens with zero attached hydrogens (tertiary/aromatic N) is 5. The fourth-order valence-corrected chi connectivity index (χ4v) is 5.53. The molecule has 0 fully saturated rings. The molecule has 204 valence electrons. The lowest BCUT2D eigenvalue weighted by atomic mass is 10.1. The lowest BCUT2D eigenvalue weighted by Gasteiger charge is -2.05. The Bertz CT molecular complexity index is 2050. The Morgan fingerprint density at radius 2 is 1.73 bits per heavy atom. The molecule has 0 amide bonds. The number of fused-ring (bicyclic) bond motifs is 1. The molecule has 0 aliphatic rings.